The molecule has 0 saturated carbocycles. The first-order chi connectivity index (χ1) is 14.4. The van der Waals surface area contributed by atoms with E-state index < -0.39 is 5.91 Å². The highest BCUT2D eigenvalue weighted by Gasteiger charge is 2.14. The van der Waals surface area contributed by atoms with E-state index in [0.29, 0.717) is 30.6 Å². The summed E-state index contributed by atoms with van der Waals surface area (Å²) in [6, 6.07) is 13.1. The summed E-state index contributed by atoms with van der Waals surface area (Å²) < 4.78 is 0. The predicted molar refractivity (Wildman–Crippen MR) is 122 cm³/mol. The van der Waals surface area contributed by atoms with Crippen LogP contribution in [-0.2, 0) is 4.79 Å². The number of hydrazone groups is 1. The van der Waals surface area contributed by atoms with Gasteiger partial charge in [-0.15, -0.1) is 0 Å². The first kappa shape index (κ1) is 22.8. The van der Waals surface area contributed by atoms with Crippen molar-refractivity contribution in [3.63, 3.8) is 0 Å². The number of hydrogen-bond acceptors (Lipinski definition) is 6. The minimum Gasteiger partial charge on any atom is -0.505 e. The molecule has 0 bridgehead atoms. The molecule has 1 amide bonds. The van der Waals surface area contributed by atoms with Gasteiger partial charge in [-0.05, 0) is 43.9 Å². The molecule has 2 aromatic carbocycles. The van der Waals surface area contributed by atoms with E-state index in [-0.39, 0.29) is 23.8 Å². The molecule has 0 aromatic heterocycles. The van der Waals surface area contributed by atoms with Crippen LogP contribution >= 0.6 is 0 Å². The van der Waals surface area contributed by atoms with Crippen LogP contribution in [0.3, 0.4) is 0 Å². The minimum atomic E-state index is -0.483. The standard InChI is InChI=1S/C23H28N4O3/c1-16-8-3-4-9-18(16)12-13-19-10-7-11-20(22(19)29)26-27-21(17(2)24)23(30)25-14-5-6-15-28/h3-4,7-13,24,26,28-29H,5-6,14-15H2,1-2H3,(H,25,30)/b13-12+,24-17?,27-21-. The van der Waals surface area contributed by atoms with E-state index in [1.807, 2.05) is 43.3 Å². The number of benzene rings is 2. The zero-order chi connectivity index (χ0) is 21.9. The molecule has 0 aliphatic rings. The minimum absolute atomic E-state index is 0.00255. The maximum absolute atomic E-state index is 12.3. The van der Waals surface area contributed by atoms with Gasteiger partial charge in [-0.25, -0.2) is 0 Å². The number of phenols is 1. The van der Waals surface area contributed by atoms with Crippen LogP contribution in [0, 0.1) is 12.3 Å². The van der Waals surface area contributed by atoms with Crippen LogP contribution in [0.25, 0.3) is 12.2 Å². The van der Waals surface area contributed by atoms with Gasteiger partial charge in [0, 0.05) is 18.7 Å². The van der Waals surface area contributed by atoms with Gasteiger partial charge in [0.2, 0.25) is 0 Å². The third-order valence-corrected chi connectivity index (χ3v) is 4.43. The van der Waals surface area contributed by atoms with Crippen molar-refractivity contribution >= 4 is 35.2 Å². The number of amides is 1. The van der Waals surface area contributed by atoms with Gasteiger partial charge in [0.1, 0.15) is 5.75 Å². The molecule has 7 heteroatoms. The summed E-state index contributed by atoms with van der Waals surface area (Å²) in [7, 11) is 0. The lowest BCUT2D eigenvalue weighted by Gasteiger charge is -2.10. The van der Waals surface area contributed by atoms with Gasteiger partial charge in [0.25, 0.3) is 5.91 Å². The van der Waals surface area contributed by atoms with Crippen LogP contribution < -0.4 is 10.7 Å². The molecule has 7 nitrogen and oxygen atoms in total. The van der Waals surface area contributed by atoms with Crippen molar-refractivity contribution in [2.45, 2.75) is 26.7 Å². The highest BCUT2D eigenvalue weighted by Crippen LogP contribution is 2.29. The Morgan fingerprint density at radius 2 is 1.80 bits per heavy atom. The number of aryl methyl sites for hydroxylation is 1. The van der Waals surface area contributed by atoms with Crippen LogP contribution in [0.15, 0.2) is 47.6 Å². The predicted octanol–water partition coefficient (Wildman–Crippen LogP) is 3.57. The second-order valence-corrected chi connectivity index (χ2v) is 6.82. The molecule has 0 fully saturated rings. The Morgan fingerprint density at radius 1 is 1.10 bits per heavy atom. The zero-order valence-electron chi connectivity index (χ0n) is 17.3. The van der Waals surface area contributed by atoms with E-state index in [4.69, 9.17) is 10.5 Å². The Morgan fingerprint density at radius 3 is 2.50 bits per heavy atom. The van der Waals surface area contributed by atoms with Crippen molar-refractivity contribution in [2.24, 2.45) is 5.10 Å². The Kier molecular flexibility index (Phi) is 8.77. The average molecular weight is 409 g/mol. The maximum atomic E-state index is 12.3. The number of carbonyl (C=O) groups is 1. The fourth-order valence-corrected chi connectivity index (χ4v) is 2.68. The SMILES string of the molecule is CC(=N)/C(=N/Nc1cccc(/C=C/c2ccccc2C)c1O)C(=O)NCCCCO. The van der Waals surface area contributed by atoms with Crippen LogP contribution in [0.1, 0.15) is 36.5 Å². The Hall–Kier alpha value is -3.45. The number of aliphatic hydroxyl groups is 1. The molecule has 0 radical (unpaired) electrons. The van der Waals surface area contributed by atoms with Crippen LogP contribution in [0.5, 0.6) is 5.75 Å². The lowest BCUT2D eigenvalue weighted by Crippen LogP contribution is -2.36. The van der Waals surface area contributed by atoms with E-state index in [9.17, 15) is 9.90 Å². The highest BCUT2D eigenvalue weighted by molar-refractivity contribution is 6.66. The van der Waals surface area contributed by atoms with Gasteiger partial charge in [-0.2, -0.15) is 5.10 Å². The van der Waals surface area contributed by atoms with Crippen molar-refractivity contribution in [3.8, 4) is 5.75 Å². The summed E-state index contributed by atoms with van der Waals surface area (Å²) in [5.74, 6) is -0.487. The normalized spacial score (nSPS) is 11.5. The molecule has 5 N–H and O–H groups in total. The molecule has 0 unspecified atom stereocenters. The summed E-state index contributed by atoms with van der Waals surface area (Å²) in [6.45, 7) is 3.93. The van der Waals surface area contributed by atoms with E-state index in [1.165, 1.54) is 6.92 Å². The van der Waals surface area contributed by atoms with Crippen molar-refractivity contribution < 1.29 is 15.0 Å². The molecule has 158 valence electrons. The number of carbonyl (C=O) groups excluding carboxylic acids is 1. The number of hydrogen-bond donors (Lipinski definition) is 5. The Bertz CT molecular complexity index is 951. The third-order valence-electron chi connectivity index (χ3n) is 4.43. The number of rotatable bonds is 10. The first-order valence-corrected chi connectivity index (χ1v) is 9.78. The van der Waals surface area contributed by atoms with E-state index in [2.05, 4.69) is 15.8 Å². The average Bonchev–Trinajstić information content (AvgIpc) is 2.72. The van der Waals surface area contributed by atoms with Crippen molar-refractivity contribution in [1.29, 1.82) is 5.41 Å². The summed E-state index contributed by atoms with van der Waals surface area (Å²) in [6.07, 6.45) is 4.95. The second-order valence-electron chi connectivity index (χ2n) is 6.82. The molecule has 0 heterocycles. The second kappa shape index (κ2) is 11.5. The molecular formula is C23H28N4O3. The lowest BCUT2D eigenvalue weighted by molar-refractivity contribution is -0.114. The third kappa shape index (κ3) is 6.56. The Balaban J connectivity index is 2.15. The monoisotopic (exact) mass is 408 g/mol. The van der Waals surface area contributed by atoms with Gasteiger partial charge in [-0.1, -0.05) is 48.6 Å². The van der Waals surface area contributed by atoms with Crippen molar-refractivity contribution in [2.75, 3.05) is 18.6 Å². The van der Waals surface area contributed by atoms with E-state index >= 15 is 0 Å². The van der Waals surface area contributed by atoms with Crippen LogP contribution in [0.4, 0.5) is 5.69 Å². The van der Waals surface area contributed by atoms with Crippen LogP contribution in [0.2, 0.25) is 0 Å². The van der Waals surface area contributed by atoms with E-state index in [0.717, 1.165) is 11.1 Å². The Labute approximate surface area is 176 Å². The molecule has 0 aliphatic carbocycles. The number of aliphatic hydroxyl groups excluding tert-OH is 1. The number of aromatic hydroxyl groups is 1. The first-order valence-electron chi connectivity index (χ1n) is 9.78. The molecule has 0 spiro atoms. The van der Waals surface area contributed by atoms with Gasteiger partial charge in [0.15, 0.2) is 5.71 Å². The van der Waals surface area contributed by atoms with Crippen molar-refractivity contribution in [3.05, 3.63) is 59.2 Å². The largest absolute Gasteiger partial charge is 0.505 e. The number of phenolic OH excluding ortho intramolecular Hbond substituents is 1. The molecule has 0 aliphatic heterocycles. The van der Waals surface area contributed by atoms with Gasteiger partial charge in [0.05, 0.1) is 11.4 Å². The number of para-hydroxylation sites is 1. The highest BCUT2D eigenvalue weighted by atomic mass is 16.3. The lowest BCUT2D eigenvalue weighted by atomic mass is 10.1. The molecular weight excluding hydrogens is 380 g/mol. The van der Waals surface area contributed by atoms with E-state index in [1.54, 1.807) is 18.2 Å². The van der Waals surface area contributed by atoms with Gasteiger partial charge < -0.3 is 20.9 Å². The fourth-order valence-electron chi connectivity index (χ4n) is 2.68. The van der Waals surface area contributed by atoms with Gasteiger partial charge in [-0.3, -0.25) is 10.2 Å². The molecule has 0 atom stereocenters. The maximum Gasteiger partial charge on any atom is 0.273 e. The fraction of sp³-hybridized carbons (Fsp3) is 0.261. The number of nitrogens with one attached hydrogen (secondary N) is 3. The quantitative estimate of drug-likeness (QED) is 0.136. The summed E-state index contributed by atoms with van der Waals surface area (Å²) in [5.41, 5.74) is 5.72. The number of anilines is 1. The molecule has 2 rings (SSSR count). The number of unbranched alkanes of at least 4 members (excludes halogenated alkanes) is 1. The molecule has 2 aromatic rings. The van der Waals surface area contributed by atoms with Crippen molar-refractivity contribution in [1.82, 2.24) is 5.32 Å². The summed E-state index contributed by atoms with van der Waals surface area (Å²) >= 11 is 0. The van der Waals surface area contributed by atoms with Crippen LogP contribution in [-0.4, -0.2) is 40.7 Å². The topological polar surface area (TPSA) is 118 Å². The van der Waals surface area contributed by atoms with Gasteiger partial charge >= 0.3 is 0 Å². The number of nitrogens with zero attached hydrogens (tertiary/aromatic N) is 1. The zero-order valence-corrected chi connectivity index (χ0v) is 17.3. The summed E-state index contributed by atoms with van der Waals surface area (Å²) in [4.78, 5) is 12.3. The summed E-state index contributed by atoms with van der Waals surface area (Å²) in [5, 5.41) is 33.8. The molecule has 30 heavy (non-hydrogen) atoms. The molecule has 0 saturated heterocycles. The smallest absolute Gasteiger partial charge is 0.273 e.